The lowest BCUT2D eigenvalue weighted by molar-refractivity contribution is -0.139. The van der Waals surface area contributed by atoms with Crippen LogP contribution in [0.3, 0.4) is 0 Å². The highest BCUT2D eigenvalue weighted by Gasteiger charge is 2.36. The van der Waals surface area contributed by atoms with Crippen molar-refractivity contribution in [1.29, 1.82) is 0 Å². The minimum absolute atomic E-state index is 0.224. The molecule has 3 aromatic rings. The molecule has 160 valence electrons. The molecule has 1 aromatic heterocycles. The van der Waals surface area contributed by atoms with Crippen LogP contribution < -0.4 is 5.32 Å². The molecule has 0 saturated carbocycles. The Morgan fingerprint density at radius 1 is 1.19 bits per heavy atom. The first kappa shape index (κ1) is 21.1. The van der Waals surface area contributed by atoms with Gasteiger partial charge in [-0.3, -0.25) is 0 Å². The number of fused-ring (bicyclic) bond motifs is 1. The fourth-order valence-electron chi connectivity index (χ4n) is 3.56. The Bertz CT molecular complexity index is 1160. The molecular formula is C23H23FN4O2S. The van der Waals surface area contributed by atoms with E-state index < -0.39 is 17.8 Å². The minimum atomic E-state index is -0.767. The first-order valence-electron chi connectivity index (χ1n) is 10.0. The maximum atomic E-state index is 14.8. The molecule has 2 heterocycles. The zero-order valence-corrected chi connectivity index (χ0v) is 18.4. The Kier molecular flexibility index (Phi) is 6.08. The maximum absolute atomic E-state index is 14.8. The highest BCUT2D eigenvalue weighted by Crippen LogP contribution is 2.38. The molecule has 1 aliphatic heterocycles. The molecule has 8 heteroatoms. The molecule has 6 nitrogen and oxygen atoms in total. The molecule has 1 unspecified atom stereocenters. The van der Waals surface area contributed by atoms with Crippen molar-refractivity contribution in [3.63, 3.8) is 0 Å². The number of aromatic nitrogens is 3. The number of nitrogens with zero attached hydrogens (tertiary/aromatic N) is 3. The summed E-state index contributed by atoms with van der Waals surface area (Å²) >= 11 is 1.49. The quantitative estimate of drug-likeness (QED) is 0.437. The molecule has 1 atom stereocenters. The summed E-state index contributed by atoms with van der Waals surface area (Å²) in [7, 11) is 0. The highest BCUT2D eigenvalue weighted by molar-refractivity contribution is 7.98. The van der Waals surface area contributed by atoms with Gasteiger partial charge in [0.2, 0.25) is 11.1 Å². The van der Waals surface area contributed by atoms with E-state index in [1.807, 2.05) is 12.1 Å². The second-order valence-electron chi connectivity index (χ2n) is 7.19. The molecule has 0 saturated heterocycles. The molecule has 0 fully saturated rings. The molecule has 4 rings (SSSR count). The van der Waals surface area contributed by atoms with Crippen LogP contribution in [0.5, 0.6) is 0 Å². The number of allylic oxidation sites excluding steroid dienone is 1. The molecule has 2 aromatic carbocycles. The normalized spacial score (nSPS) is 15.4. The number of hydrogen-bond acceptors (Lipinski definition) is 6. The largest absolute Gasteiger partial charge is 0.463 e. The van der Waals surface area contributed by atoms with Gasteiger partial charge in [0.1, 0.15) is 11.9 Å². The Morgan fingerprint density at radius 2 is 1.94 bits per heavy atom. The summed E-state index contributed by atoms with van der Waals surface area (Å²) in [6.07, 6.45) is 0. The van der Waals surface area contributed by atoms with E-state index in [2.05, 4.69) is 34.5 Å². The predicted octanol–water partition coefficient (Wildman–Crippen LogP) is 4.87. The number of aryl methyl sites for hydroxylation is 1. The molecule has 0 spiro atoms. The van der Waals surface area contributed by atoms with E-state index in [0.717, 1.165) is 0 Å². The van der Waals surface area contributed by atoms with Crippen LogP contribution in [0, 0.1) is 12.7 Å². The predicted molar refractivity (Wildman–Crippen MR) is 118 cm³/mol. The number of rotatable bonds is 6. The van der Waals surface area contributed by atoms with Crippen LogP contribution in [-0.2, 0) is 15.3 Å². The molecule has 0 aliphatic carbocycles. The second-order valence-corrected chi connectivity index (χ2v) is 8.13. The summed E-state index contributed by atoms with van der Waals surface area (Å²) in [6, 6.07) is 13.8. The van der Waals surface area contributed by atoms with Crippen LogP contribution in [0.4, 0.5) is 10.3 Å². The monoisotopic (exact) mass is 438 g/mol. The van der Waals surface area contributed by atoms with E-state index in [4.69, 9.17) is 4.74 Å². The summed E-state index contributed by atoms with van der Waals surface area (Å²) in [6.45, 7) is 5.79. The van der Waals surface area contributed by atoms with Crippen LogP contribution in [0.25, 0.3) is 0 Å². The molecule has 1 aliphatic rings. The standard InChI is InChI=1S/C23H23FN4O2S/c1-4-30-21(29)19-15(3)25-22-26-23(31-13-16-10-6-5-9-14(16)2)27-28(22)20(19)17-11-7-8-12-18(17)24/h5-12,20H,4,13H2,1-3H3,(H,25,26,27). The van der Waals surface area contributed by atoms with Crippen molar-refractivity contribution >= 4 is 23.7 Å². The number of benzene rings is 2. The summed E-state index contributed by atoms with van der Waals surface area (Å²) in [5.41, 5.74) is 3.62. The lowest BCUT2D eigenvalue weighted by Crippen LogP contribution is -2.30. The first-order valence-corrected chi connectivity index (χ1v) is 11.0. The Labute approximate surface area is 184 Å². The molecule has 0 radical (unpaired) electrons. The lowest BCUT2D eigenvalue weighted by atomic mass is 9.95. The van der Waals surface area contributed by atoms with Gasteiger partial charge in [0.25, 0.3) is 0 Å². The van der Waals surface area contributed by atoms with Gasteiger partial charge in [-0.05, 0) is 38.0 Å². The second kappa shape index (κ2) is 8.93. The third kappa shape index (κ3) is 4.20. The van der Waals surface area contributed by atoms with Crippen molar-refractivity contribution < 1.29 is 13.9 Å². The number of ether oxygens (including phenoxy) is 1. The van der Waals surface area contributed by atoms with Crippen LogP contribution in [0.2, 0.25) is 0 Å². The van der Waals surface area contributed by atoms with E-state index in [1.165, 1.54) is 29.0 Å². The van der Waals surface area contributed by atoms with Crippen molar-refractivity contribution in [1.82, 2.24) is 14.8 Å². The van der Waals surface area contributed by atoms with Gasteiger partial charge in [0.15, 0.2) is 0 Å². The third-order valence-electron chi connectivity index (χ3n) is 5.15. The van der Waals surface area contributed by atoms with Gasteiger partial charge in [0.05, 0.1) is 12.2 Å². The maximum Gasteiger partial charge on any atom is 0.338 e. The topological polar surface area (TPSA) is 69.0 Å². The Hall–Kier alpha value is -3.13. The van der Waals surface area contributed by atoms with E-state index in [0.29, 0.717) is 33.7 Å². The molecular weight excluding hydrogens is 415 g/mol. The van der Waals surface area contributed by atoms with Crippen LogP contribution in [0.1, 0.15) is 36.6 Å². The van der Waals surface area contributed by atoms with Crippen molar-refractivity contribution in [2.45, 2.75) is 37.7 Å². The van der Waals surface area contributed by atoms with Crippen molar-refractivity contribution in [2.24, 2.45) is 0 Å². The Balaban J connectivity index is 1.72. The summed E-state index contributed by atoms with van der Waals surface area (Å²) in [5, 5.41) is 8.30. The van der Waals surface area contributed by atoms with Gasteiger partial charge in [-0.15, -0.1) is 5.10 Å². The first-order chi connectivity index (χ1) is 15.0. The zero-order valence-electron chi connectivity index (χ0n) is 17.6. The number of halogens is 1. The summed E-state index contributed by atoms with van der Waals surface area (Å²) in [4.78, 5) is 17.3. The molecule has 1 N–H and O–H groups in total. The SMILES string of the molecule is CCOC(=O)C1=C(C)Nc2nc(SCc3ccccc3C)nn2C1c1ccccc1F. The number of nitrogens with one attached hydrogen (secondary N) is 1. The van der Waals surface area contributed by atoms with Crippen LogP contribution in [0.15, 0.2) is 65.0 Å². The van der Waals surface area contributed by atoms with Gasteiger partial charge in [-0.2, -0.15) is 4.98 Å². The minimum Gasteiger partial charge on any atom is -0.463 e. The number of hydrogen-bond donors (Lipinski definition) is 1. The Morgan fingerprint density at radius 3 is 2.68 bits per heavy atom. The summed E-state index contributed by atoms with van der Waals surface area (Å²) in [5.74, 6) is 0.249. The van der Waals surface area contributed by atoms with Gasteiger partial charge < -0.3 is 10.1 Å². The van der Waals surface area contributed by atoms with E-state index in [9.17, 15) is 9.18 Å². The van der Waals surface area contributed by atoms with Crippen molar-refractivity contribution in [3.05, 3.63) is 82.3 Å². The smallest absolute Gasteiger partial charge is 0.338 e. The lowest BCUT2D eigenvalue weighted by Gasteiger charge is -2.28. The number of thioether (sulfide) groups is 1. The van der Waals surface area contributed by atoms with Crippen molar-refractivity contribution in [2.75, 3.05) is 11.9 Å². The van der Waals surface area contributed by atoms with Crippen molar-refractivity contribution in [3.8, 4) is 0 Å². The number of carbonyl (C=O) groups excluding carboxylic acids is 1. The molecule has 31 heavy (non-hydrogen) atoms. The zero-order chi connectivity index (χ0) is 22.0. The number of esters is 1. The number of anilines is 1. The van der Waals surface area contributed by atoms with Crippen LogP contribution in [-0.4, -0.2) is 27.3 Å². The highest BCUT2D eigenvalue weighted by atomic mass is 32.2. The van der Waals surface area contributed by atoms with E-state index in [-0.39, 0.29) is 6.61 Å². The average molecular weight is 439 g/mol. The van der Waals surface area contributed by atoms with E-state index in [1.54, 1.807) is 36.7 Å². The van der Waals surface area contributed by atoms with Crippen LogP contribution >= 0.6 is 11.8 Å². The fourth-order valence-corrected chi connectivity index (χ4v) is 4.47. The molecule has 0 amide bonds. The molecule has 0 bridgehead atoms. The van der Waals surface area contributed by atoms with Gasteiger partial charge >= 0.3 is 5.97 Å². The summed E-state index contributed by atoms with van der Waals surface area (Å²) < 4.78 is 21.6. The third-order valence-corrected chi connectivity index (χ3v) is 6.03. The van der Waals surface area contributed by atoms with E-state index >= 15 is 0 Å². The number of carbonyl (C=O) groups is 1. The van der Waals surface area contributed by atoms with Gasteiger partial charge in [-0.1, -0.05) is 54.2 Å². The fraction of sp³-hybridized carbons (Fsp3) is 0.261. The average Bonchev–Trinajstić information content (AvgIpc) is 3.15. The van der Waals surface area contributed by atoms with Gasteiger partial charge in [0, 0.05) is 17.0 Å². The van der Waals surface area contributed by atoms with Gasteiger partial charge in [-0.25, -0.2) is 13.9 Å².